The van der Waals surface area contributed by atoms with Gasteiger partial charge >= 0.3 is 0 Å². The second-order valence-electron chi connectivity index (χ2n) is 10.8. The third-order valence-electron chi connectivity index (χ3n) is 8.34. The van der Waals surface area contributed by atoms with Crippen LogP contribution in [0.4, 0.5) is 0 Å². The van der Waals surface area contributed by atoms with E-state index < -0.39 is 0 Å². The van der Waals surface area contributed by atoms with Gasteiger partial charge in [-0.3, -0.25) is 14.5 Å². The van der Waals surface area contributed by atoms with Gasteiger partial charge in [-0.15, -0.1) is 11.3 Å². The Morgan fingerprint density at radius 1 is 1.00 bits per heavy atom. The molecule has 2 aromatic rings. The lowest BCUT2D eigenvalue weighted by Crippen LogP contribution is -2.57. The van der Waals surface area contributed by atoms with E-state index in [9.17, 15) is 9.59 Å². The van der Waals surface area contributed by atoms with Gasteiger partial charge in [0, 0.05) is 43.5 Å². The van der Waals surface area contributed by atoms with Gasteiger partial charge in [-0.2, -0.15) is 0 Å². The van der Waals surface area contributed by atoms with Crippen LogP contribution in [-0.2, 0) is 16.0 Å². The lowest BCUT2D eigenvalue weighted by Gasteiger charge is -2.42. The minimum absolute atomic E-state index is 0.0847. The summed E-state index contributed by atoms with van der Waals surface area (Å²) in [6, 6.07) is 11.2. The predicted molar refractivity (Wildman–Crippen MR) is 142 cm³/mol. The van der Waals surface area contributed by atoms with Gasteiger partial charge in [-0.05, 0) is 55.2 Å². The van der Waals surface area contributed by atoms with Crippen LogP contribution in [0.15, 0.2) is 35.7 Å². The maximum absolute atomic E-state index is 13.5. The molecule has 3 aliphatic rings. The largest absolute Gasteiger partial charge is 0.338 e. The molecule has 6 heteroatoms. The summed E-state index contributed by atoms with van der Waals surface area (Å²) in [6.07, 6.45) is 7.93. The van der Waals surface area contributed by atoms with E-state index >= 15 is 0 Å². The number of piperazine rings is 1. The second kappa shape index (κ2) is 10.8. The van der Waals surface area contributed by atoms with E-state index in [-0.39, 0.29) is 23.9 Å². The Morgan fingerprint density at radius 3 is 2.51 bits per heavy atom. The number of carbonyl (C=O) groups is 2. The Labute approximate surface area is 214 Å². The molecule has 0 radical (unpaired) electrons. The molecule has 1 aliphatic carbocycles. The third-order valence-corrected chi connectivity index (χ3v) is 9.34. The standard InChI is InChI=1S/C29H39N3O2S/c1-21-7-10-24(11-8-21)29-25-14-18-35-26(25)13-15-31(29)20-28(34)30-16-17-32(22(2)19-30)27(33)12-9-23-5-3-4-6-23/h7-8,10-11,14,18,22-23,29H,3-6,9,12-13,15-17,19-20H2,1-2H3/t22-,29+/m1/s1. The molecule has 0 spiro atoms. The number of hydrogen-bond acceptors (Lipinski definition) is 4. The maximum Gasteiger partial charge on any atom is 0.236 e. The summed E-state index contributed by atoms with van der Waals surface area (Å²) in [5.74, 6) is 1.20. The topological polar surface area (TPSA) is 43.9 Å². The number of hydrogen-bond donors (Lipinski definition) is 0. The fourth-order valence-electron chi connectivity index (χ4n) is 6.28. The summed E-state index contributed by atoms with van der Waals surface area (Å²) in [6.45, 7) is 7.48. The Morgan fingerprint density at radius 2 is 1.77 bits per heavy atom. The maximum atomic E-state index is 13.5. The van der Waals surface area contributed by atoms with E-state index in [0.29, 0.717) is 32.6 Å². The molecule has 2 fully saturated rings. The van der Waals surface area contributed by atoms with E-state index in [1.54, 1.807) is 0 Å². The van der Waals surface area contributed by atoms with Crippen LogP contribution in [0, 0.1) is 12.8 Å². The van der Waals surface area contributed by atoms with E-state index in [2.05, 4.69) is 54.5 Å². The Kier molecular flexibility index (Phi) is 7.59. The van der Waals surface area contributed by atoms with Crippen molar-refractivity contribution in [3.8, 4) is 0 Å². The van der Waals surface area contributed by atoms with Crippen molar-refractivity contribution in [2.75, 3.05) is 32.7 Å². The first-order chi connectivity index (χ1) is 17.0. The number of nitrogens with zero attached hydrogens (tertiary/aromatic N) is 3. The summed E-state index contributed by atoms with van der Waals surface area (Å²) in [5, 5.41) is 2.18. The van der Waals surface area contributed by atoms with Crippen molar-refractivity contribution < 1.29 is 9.59 Å². The highest BCUT2D eigenvalue weighted by atomic mass is 32.1. The van der Waals surface area contributed by atoms with Crippen molar-refractivity contribution in [1.82, 2.24) is 14.7 Å². The molecule has 0 N–H and O–H groups in total. The highest BCUT2D eigenvalue weighted by molar-refractivity contribution is 7.10. The molecule has 1 aromatic carbocycles. The fourth-order valence-corrected chi connectivity index (χ4v) is 7.18. The SMILES string of the molecule is Cc1ccc([C@H]2c3ccsc3CCN2CC(=O)N2CCN(C(=O)CCC3CCCC3)[C@H](C)C2)cc1. The monoisotopic (exact) mass is 493 g/mol. The Bertz CT molecular complexity index is 1030. The first-order valence-corrected chi connectivity index (χ1v) is 14.3. The number of thiophene rings is 1. The van der Waals surface area contributed by atoms with Gasteiger partial charge in [-0.1, -0.05) is 55.5 Å². The fraction of sp³-hybridized carbons (Fsp3) is 0.586. The quantitative estimate of drug-likeness (QED) is 0.567. The Hall–Kier alpha value is -2.18. The van der Waals surface area contributed by atoms with E-state index in [0.717, 1.165) is 25.3 Å². The lowest BCUT2D eigenvalue weighted by molar-refractivity contribution is -0.143. The highest BCUT2D eigenvalue weighted by Gasteiger charge is 2.34. The zero-order valence-electron chi connectivity index (χ0n) is 21.2. The molecule has 0 bridgehead atoms. The number of rotatable bonds is 6. The summed E-state index contributed by atoms with van der Waals surface area (Å²) in [7, 11) is 0. The molecule has 2 aliphatic heterocycles. The second-order valence-corrected chi connectivity index (χ2v) is 11.8. The van der Waals surface area contributed by atoms with Crippen LogP contribution in [0.2, 0.25) is 0 Å². The molecule has 1 aromatic heterocycles. The highest BCUT2D eigenvalue weighted by Crippen LogP contribution is 2.38. The Balaban J connectivity index is 1.20. The molecule has 35 heavy (non-hydrogen) atoms. The van der Waals surface area contributed by atoms with E-state index in [1.165, 1.54) is 47.3 Å². The van der Waals surface area contributed by atoms with Gasteiger partial charge in [0.15, 0.2) is 0 Å². The summed E-state index contributed by atoms with van der Waals surface area (Å²) in [5.41, 5.74) is 3.86. The lowest BCUT2D eigenvalue weighted by atomic mass is 9.92. The molecule has 1 saturated heterocycles. The number of amides is 2. The average molecular weight is 494 g/mol. The van der Waals surface area contributed by atoms with Crippen LogP contribution in [0.25, 0.3) is 0 Å². The summed E-state index contributed by atoms with van der Waals surface area (Å²) < 4.78 is 0. The minimum Gasteiger partial charge on any atom is -0.338 e. The first kappa shape index (κ1) is 24.5. The molecule has 5 rings (SSSR count). The number of aryl methyl sites for hydroxylation is 1. The van der Waals surface area contributed by atoms with Crippen LogP contribution in [-0.4, -0.2) is 65.3 Å². The van der Waals surface area contributed by atoms with Crippen LogP contribution in [0.1, 0.15) is 73.1 Å². The molecular formula is C29H39N3O2S. The smallest absolute Gasteiger partial charge is 0.236 e. The normalized spacial score (nSPS) is 23.5. The molecule has 188 valence electrons. The van der Waals surface area contributed by atoms with Crippen molar-refractivity contribution in [2.24, 2.45) is 5.92 Å². The van der Waals surface area contributed by atoms with Gasteiger partial charge < -0.3 is 9.80 Å². The minimum atomic E-state index is 0.0847. The van der Waals surface area contributed by atoms with Crippen molar-refractivity contribution in [1.29, 1.82) is 0 Å². The zero-order valence-corrected chi connectivity index (χ0v) is 22.1. The molecule has 5 nitrogen and oxygen atoms in total. The van der Waals surface area contributed by atoms with Crippen LogP contribution < -0.4 is 0 Å². The van der Waals surface area contributed by atoms with Crippen LogP contribution in [0.3, 0.4) is 0 Å². The van der Waals surface area contributed by atoms with E-state index in [4.69, 9.17) is 0 Å². The molecule has 2 amide bonds. The van der Waals surface area contributed by atoms with Crippen LogP contribution in [0.5, 0.6) is 0 Å². The van der Waals surface area contributed by atoms with Crippen molar-refractivity contribution in [2.45, 2.75) is 70.9 Å². The molecule has 3 heterocycles. The average Bonchev–Trinajstić information content (AvgIpc) is 3.55. The zero-order chi connectivity index (χ0) is 24.4. The van der Waals surface area contributed by atoms with Gasteiger partial charge in [0.2, 0.25) is 11.8 Å². The first-order valence-electron chi connectivity index (χ1n) is 13.4. The van der Waals surface area contributed by atoms with Crippen molar-refractivity contribution >= 4 is 23.2 Å². The predicted octanol–water partition coefficient (Wildman–Crippen LogP) is 5.03. The van der Waals surface area contributed by atoms with Gasteiger partial charge in [0.05, 0.1) is 12.6 Å². The summed E-state index contributed by atoms with van der Waals surface area (Å²) >= 11 is 1.83. The molecule has 1 saturated carbocycles. The number of carbonyl (C=O) groups excluding carboxylic acids is 2. The van der Waals surface area contributed by atoms with Crippen molar-refractivity contribution in [3.63, 3.8) is 0 Å². The van der Waals surface area contributed by atoms with Gasteiger partial charge in [-0.25, -0.2) is 0 Å². The van der Waals surface area contributed by atoms with Crippen molar-refractivity contribution in [3.05, 3.63) is 57.3 Å². The van der Waals surface area contributed by atoms with Crippen LogP contribution >= 0.6 is 11.3 Å². The summed E-state index contributed by atoms with van der Waals surface area (Å²) in [4.78, 5) is 34.1. The number of fused-ring (bicyclic) bond motifs is 1. The van der Waals surface area contributed by atoms with Gasteiger partial charge in [0.1, 0.15) is 0 Å². The third kappa shape index (κ3) is 5.49. The van der Waals surface area contributed by atoms with E-state index in [1.807, 2.05) is 21.1 Å². The molecular weight excluding hydrogens is 454 g/mol. The molecule has 0 unspecified atom stereocenters. The molecule has 2 atom stereocenters. The van der Waals surface area contributed by atoms with Gasteiger partial charge in [0.25, 0.3) is 0 Å². The number of benzene rings is 1.